The number of fused-ring (bicyclic) bond motifs is 4. The normalized spacial score (nSPS) is 13.2. The first-order chi connectivity index (χ1) is 20.6. The Kier molecular flexibility index (Phi) is 5.48. The molecule has 0 spiro atoms. The van der Waals surface area contributed by atoms with Crippen LogP contribution in [0.1, 0.15) is 25.0 Å². The van der Waals surface area contributed by atoms with E-state index in [1.807, 2.05) is 16.6 Å². The second-order valence-electron chi connectivity index (χ2n) is 11.5. The molecule has 0 unspecified atom stereocenters. The quantitative estimate of drug-likeness (QED) is 0.223. The van der Waals surface area contributed by atoms with Gasteiger partial charge >= 0.3 is 0 Å². The van der Waals surface area contributed by atoms with Crippen molar-refractivity contribution in [2.45, 2.75) is 19.3 Å². The predicted molar refractivity (Wildman–Crippen MR) is 172 cm³/mol. The van der Waals surface area contributed by atoms with Crippen LogP contribution in [0.5, 0.6) is 0 Å². The van der Waals surface area contributed by atoms with Crippen LogP contribution in [0.25, 0.3) is 61.7 Å². The maximum absolute atomic E-state index is 5.35. The Bertz CT molecular complexity index is 2090. The largest absolute Gasteiger partial charge is 0.228 e. The van der Waals surface area contributed by atoms with Crippen LogP contribution in [0.4, 0.5) is 0 Å². The van der Waals surface area contributed by atoms with E-state index >= 15 is 0 Å². The Balaban J connectivity index is 1.44. The predicted octanol–water partition coefficient (Wildman–Crippen LogP) is 9.70. The molecule has 0 radical (unpaired) electrons. The van der Waals surface area contributed by atoms with Crippen LogP contribution in [-0.4, -0.2) is 14.6 Å². The minimum Gasteiger partial charge on any atom is -0.228 e. The van der Waals surface area contributed by atoms with Crippen LogP contribution in [0.2, 0.25) is 0 Å². The van der Waals surface area contributed by atoms with Gasteiger partial charge in [-0.1, -0.05) is 141 Å². The summed E-state index contributed by atoms with van der Waals surface area (Å²) in [7, 11) is 0. The van der Waals surface area contributed by atoms with Crippen molar-refractivity contribution in [2.24, 2.45) is 0 Å². The highest BCUT2D eigenvalue weighted by Gasteiger charge is 2.35. The van der Waals surface area contributed by atoms with Crippen molar-refractivity contribution in [3.8, 4) is 56.0 Å². The van der Waals surface area contributed by atoms with Crippen molar-refractivity contribution in [1.82, 2.24) is 14.6 Å². The number of benzene rings is 5. The Hall–Kier alpha value is -5.28. The molecule has 8 rings (SSSR count). The van der Waals surface area contributed by atoms with Crippen molar-refractivity contribution in [3.05, 3.63) is 151 Å². The van der Waals surface area contributed by atoms with E-state index in [-0.39, 0.29) is 5.41 Å². The average molecular weight is 540 g/mol. The second-order valence-corrected chi connectivity index (χ2v) is 11.5. The highest BCUT2D eigenvalue weighted by molar-refractivity contribution is 5.94. The SMILES string of the molecule is CC1(C)c2ccccc2-c2ccc(-c3nn4c(-c5ccccc5)cc(-c5ccccc5)nc4c3-c3ccccc3)cc21. The van der Waals surface area contributed by atoms with E-state index in [0.717, 1.165) is 50.5 Å². The van der Waals surface area contributed by atoms with Crippen LogP contribution >= 0.6 is 0 Å². The van der Waals surface area contributed by atoms with Crippen LogP contribution in [0.3, 0.4) is 0 Å². The molecule has 0 saturated heterocycles. The van der Waals surface area contributed by atoms with E-state index < -0.39 is 0 Å². The van der Waals surface area contributed by atoms with E-state index in [4.69, 9.17) is 10.1 Å². The maximum Gasteiger partial charge on any atom is 0.164 e. The average Bonchev–Trinajstić information content (AvgIpc) is 3.55. The number of aromatic nitrogens is 3. The molecule has 3 heteroatoms. The molecule has 0 fully saturated rings. The topological polar surface area (TPSA) is 30.2 Å². The molecular weight excluding hydrogens is 510 g/mol. The fourth-order valence-electron chi connectivity index (χ4n) is 6.51. The minimum absolute atomic E-state index is 0.0953. The summed E-state index contributed by atoms with van der Waals surface area (Å²) in [5.74, 6) is 0. The molecule has 0 bridgehead atoms. The first-order valence-electron chi connectivity index (χ1n) is 14.4. The summed E-state index contributed by atoms with van der Waals surface area (Å²) < 4.78 is 2.03. The zero-order chi connectivity index (χ0) is 28.3. The Morgan fingerprint density at radius 2 is 1.12 bits per heavy atom. The highest BCUT2D eigenvalue weighted by atomic mass is 15.3. The van der Waals surface area contributed by atoms with Gasteiger partial charge in [0.1, 0.15) is 5.69 Å². The molecule has 2 aromatic heterocycles. The van der Waals surface area contributed by atoms with Gasteiger partial charge < -0.3 is 0 Å². The highest BCUT2D eigenvalue weighted by Crippen LogP contribution is 2.50. The third kappa shape index (κ3) is 3.74. The van der Waals surface area contributed by atoms with Crippen LogP contribution in [0, 0.1) is 0 Å². The van der Waals surface area contributed by atoms with Crippen molar-refractivity contribution in [2.75, 3.05) is 0 Å². The van der Waals surface area contributed by atoms with Gasteiger partial charge in [0.15, 0.2) is 5.65 Å². The second kappa shape index (κ2) is 9.39. The van der Waals surface area contributed by atoms with Gasteiger partial charge in [-0.15, -0.1) is 0 Å². The van der Waals surface area contributed by atoms with Crippen molar-refractivity contribution in [3.63, 3.8) is 0 Å². The molecule has 0 N–H and O–H groups in total. The third-order valence-corrected chi connectivity index (χ3v) is 8.65. The number of nitrogens with zero attached hydrogens (tertiary/aromatic N) is 3. The van der Waals surface area contributed by atoms with Gasteiger partial charge in [0.25, 0.3) is 0 Å². The lowest BCUT2D eigenvalue weighted by atomic mass is 9.81. The molecule has 0 atom stereocenters. The lowest BCUT2D eigenvalue weighted by molar-refractivity contribution is 0.660. The molecular formula is C39H29N3. The minimum atomic E-state index is -0.0953. The summed E-state index contributed by atoms with van der Waals surface area (Å²) in [6.45, 7) is 4.65. The number of hydrogen-bond acceptors (Lipinski definition) is 2. The molecule has 2 heterocycles. The van der Waals surface area contributed by atoms with E-state index in [0.29, 0.717) is 0 Å². The summed E-state index contributed by atoms with van der Waals surface area (Å²) >= 11 is 0. The molecule has 5 aromatic carbocycles. The molecule has 200 valence electrons. The number of hydrogen-bond donors (Lipinski definition) is 0. The summed E-state index contributed by atoms with van der Waals surface area (Å²) in [4.78, 5) is 5.29. The molecule has 42 heavy (non-hydrogen) atoms. The summed E-state index contributed by atoms with van der Waals surface area (Å²) in [5, 5.41) is 5.35. The van der Waals surface area contributed by atoms with Crippen LogP contribution < -0.4 is 0 Å². The van der Waals surface area contributed by atoms with Gasteiger partial charge in [-0.3, -0.25) is 0 Å². The Morgan fingerprint density at radius 1 is 0.524 bits per heavy atom. The monoisotopic (exact) mass is 539 g/mol. The maximum atomic E-state index is 5.35. The fourth-order valence-corrected chi connectivity index (χ4v) is 6.51. The Morgan fingerprint density at radius 3 is 1.83 bits per heavy atom. The summed E-state index contributed by atoms with van der Waals surface area (Å²) in [6.07, 6.45) is 0. The molecule has 0 aliphatic heterocycles. The van der Waals surface area contributed by atoms with E-state index in [1.54, 1.807) is 0 Å². The molecule has 1 aliphatic carbocycles. The number of rotatable bonds is 4. The van der Waals surface area contributed by atoms with Gasteiger partial charge in [0.2, 0.25) is 0 Å². The molecule has 1 aliphatic rings. The molecule has 0 saturated carbocycles. The zero-order valence-electron chi connectivity index (χ0n) is 23.6. The zero-order valence-corrected chi connectivity index (χ0v) is 23.6. The van der Waals surface area contributed by atoms with Gasteiger partial charge in [0, 0.05) is 22.1 Å². The van der Waals surface area contributed by atoms with Crippen molar-refractivity contribution in [1.29, 1.82) is 0 Å². The van der Waals surface area contributed by atoms with Gasteiger partial charge in [-0.05, 0) is 39.9 Å². The van der Waals surface area contributed by atoms with Gasteiger partial charge in [-0.2, -0.15) is 5.10 Å². The molecule has 7 aromatic rings. The lowest BCUT2D eigenvalue weighted by Crippen LogP contribution is -2.14. The van der Waals surface area contributed by atoms with Crippen molar-refractivity contribution >= 4 is 5.65 Å². The molecule has 3 nitrogen and oxygen atoms in total. The Labute approximate surface area is 245 Å². The summed E-state index contributed by atoms with van der Waals surface area (Å²) in [5.41, 5.74) is 14.4. The molecule has 0 amide bonds. The van der Waals surface area contributed by atoms with Crippen molar-refractivity contribution < 1.29 is 0 Å². The van der Waals surface area contributed by atoms with E-state index in [2.05, 4.69) is 141 Å². The summed E-state index contributed by atoms with van der Waals surface area (Å²) in [6, 6.07) is 49.2. The van der Waals surface area contributed by atoms with E-state index in [9.17, 15) is 0 Å². The smallest absolute Gasteiger partial charge is 0.164 e. The van der Waals surface area contributed by atoms with Crippen LogP contribution in [-0.2, 0) is 5.41 Å². The first kappa shape index (κ1) is 24.5. The van der Waals surface area contributed by atoms with E-state index in [1.165, 1.54) is 22.3 Å². The van der Waals surface area contributed by atoms with Gasteiger partial charge in [-0.25, -0.2) is 9.50 Å². The third-order valence-electron chi connectivity index (χ3n) is 8.65. The van der Waals surface area contributed by atoms with Crippen LogP contribution in [0.15, 0.2) is 140 Å². The fraction of sp³-hybridized carbons (Fsp3) is 0.0769. The first-order valence-corrected chi connectivity index (χ1v) is 14.4. The standard InChI is InChI=1S/C39H29N3/c1-39(2)32-21-13-12-20-30(32)31-23-22-29(24-33(31)39)37-36(28-18-10-5-11-19-28)38-40-34(26-14-6-3-7-15-26)25-35(42(38)41-37)27-16-8-4-9-17-27/h3-25H,1-2H3. The lowest BCUT2D eigenvalue weighted by Gasteiger charge is -2.21. The van der Waals surface area contributed by atoms with Gasteiger partial charge in [0.05, 0.1) is 17.0 Å².